The first-order chi connectivity index (χ1) is 16.1. The van der Waals surface area contributed by atoms with Crippen LogP contribution >= 0.6 is 0 Å². The Morgan fingerprint density at radius 3 is 2.62 bits per heavy atom. The third kappa shape index (κ3) is 4.51. The summed E-state index contributed by atoms with van der Waals surface area (Å²) in [4.78, 5) is 40.1. The second-order valence-corrected chi connectivity index (χ2v) is 7.28. The highest BCUT2D eigenvalue weighted by Crippen LogP contribution is 2.31. The SMILES string of the molecule is Cn1cc(-c2nc(C(=O)NCc3ncccc3C(F)(F)F)c(N)nc2-c2ccc[nH]2)ccc1=O. The Bertz CT molecular complexity index is 1410. The molecule has 0 spiro atoms. The highest BCUT2D eigenvalue weighted by atomic mass is 19.4. The summed E-state index contributed by atoms with van der Waals surface area (Å²) >= 11 is 0. The van der Waals surface area contributed by atoms with Gasteiger partial charge in [-0.1, -0.05) is 0 Å². The van der Waals surface area contributed by atoms with Crippen LogP contribution in [0.25, 0.3) is 22.6 Å². The van der Waals surface area contributed by atoms with Crippen LogP contribution in [-0.4, -0.2) is 30.4 Å². The molecule has 1 amide bonds. The Labute approximate surface area is 190 Å². The van der Waals surface area contributed by atoms with Gasteiger partial charge in [-0.15, -0.1) is 0 Å². The number of pyridine rings is 2. The first-order valence-electron chi connectivity index (χ1n) is 9.92. The predicted octanol–water partition coefficient (Wildman–Crippen LogP) is 2.76. The highest BCUT2D eigenvalue weighted by molar-refractivity contribution is 5.97. The van der Waals surface area contributed by atoms with Crippen LogP contribution in [-0.2, 0) is 19.8 Å². The molecule has 0 fully saturated rings. The monoisotopic (exact) mass is 469 g/mol. The number of carbonyl (C=O) groups excluding carboxylic acids is 1. The van der Waals surface area contributed by atoms with E-state index in [2.05, 4.69) is 25.3 Å². The van der Waals surface area contributed by atoms with Gasteiger partial charge < -0.3 is 20.6 Å². The molecule has 0 unspecified atom stereocenters. The van der Waals surface area contributed by atoms with Crippen LogP contribution in [0.3, 0.4) is 0 Å². The van der Waals surface area contributed by atoms with Gasteiger partial charge in [0.2, 0.25) is 5.56 Å². The van der Waals surface area contributed by atoms with E-state index in [0.29, 0.717) is 17.0 Å². The summed E-state index contributed by atoms with van der Waals surface area (Å²) in [5.74, 6) is -1.04. The molecule has 0 aliphatic rings. The van der Waals surface area contributed by atoms with E-state index in [1.807, 2.05) is 0 Å². The molecule has 0 atom stereocenters. The molecule has 4 aromatic heterocycles. The van der Waals surface area contributed by atoms with Crippen LogP contribution in [0.5, 0.6) is 0 Å². The zero-order valence-corrected chi connectivity index (χ0v) is 17.7. The molecule has 0 aliphatic carbocycles. The van der Waals surface area contributed by atoms with Gasteiger partial charge in [0.1, 0.15) is 11.4 Å². The molecule has 0 radical (unpaired) electrons. The summed E-state index contributed by atoms with van der Waals surface area (Å²) in [6.07, 6.45) is -0.224. The Kier molecular flexibility index (Phi) is 5.88. The third-order valence-electron chi connectivity index (χ3n) is 4.96. The van der Waals surface area contributed by atoms with Gasteiger partial charge in [0.15, 0.2) is 11.5 Å². The maximum Gasteiger partial charge on any atom is 0.418 e. The van der Waals surface area contributed by atoms with Crippen molar-refractivity contribution < 1.29 is 18.0 Å². The molecule has 4 heterocycles. The smallest absolute Gasteiger partial charge is 0.382 e. The molecule has 0 bridgehead atoms. The van der Waals surface area contributed by atoms with E-state index in [-0.39, 0.29) is 28.5 Å². The van der Waals surface area contributed by atoms with Crippen molar-refractivity contribution in [2.75, 3.05) is 5.73 Å². The van der Waals surface area contributed by atoms with E-state index in [0.717, 1.165) is 12.1 Å². The van der Waals surface area contributed by atoms with Gasteiger partial charge >= 0.3 is 6.18 Å². The van der Waals surface area contributed by atoms with Crippen molar-refractivity contribution in [2.24, 2.45) is 7.05 Å². The molecule has 0 aromatic carbocycles. The zero-order valence-electron chi connectivity index (χ0n) is 17.7. The van der Waals surface area contributed by atoms with Gasteiger partial charge in [0.05, 0.1) is 23.5 Å². The van der Waals surface area contributed by atoms with Crippen LogP contribution in [0.15, 0.2) is 59.8 Å². The predicted molar refractivity (Wildman–Crippen MR) is 117 cm³/mol. The van der Waals surface area contributed by atoms with Crippen LogP contribution in [0.2, 0.25) is 0 Å². The van der Waals surface area contributed by atoms with Crippen LogP contribution < -0.4 is 16.6 Å². The number of H-pyrrole nitrogens is 1. The average molecular weight is 469 g/mol. The number of nitrogen functional groups attached to an aromatic ring is 1. The van der Waals surface area contributed by atoms with Gasteiger partial charge in [-0.25, -0.2) is 9.97 Å². The largest absolute Gasteiger partial charge is 0.418 e. The number of aryl methyl sites for hydroxylation is 1. The second-order valence-electron chi connectivity index (χ2n) is 7.28. The summed E-state index contributed by atoms with van der Waals surface area (Å²) in [5, 5.41) is 2.38. The molecule has 9 nitrogen and oxygen atoms in total. The van der Waals surface area contributed by atoms with Crippen molar-refractivity contribution in [2.45, 2.75) is 12.7 Å². The lowest BCUT2D eigenvalue weighted by molar-refractivity contribution is -0.138. The molecule has 0 saturated carbocycles. The molecule has 34 heavy (non-hydrogen) atoms. The highest BCUT2D eigenvalue weighted by Gasteiger charge is 2.34. The van der Waals surface area contributed by atoms with E-state index < -0.39 is 24.2 Å². The zero-order chi connectivity index (χ0) is 24.5. The fraction of sp³-hybridized carbons (Fsp3) is 0.136. The number of nitrogens with one attached hydrogen (secondary N) is 2. The number of carbonyl (C=O) groups is 1. The molecule has 4 aromatic rings. The van der Waals surface area contributed by atoms with Gasteiger partial charge in [0.25, 0.3) is 5.91 Å². The molecule has 174 valence electrons. The van der Waals surface area contributed by atoms with Crippen molar-refractivity contribution in [3.05, 3.63) is 82.3 Å². The van der Waals surface area contributed by atoms with Gasteiger partial charge in [0, 0.05) is 37.3 Å². The van der Waals surface area contributed by atoms with E-state index in [1.165, 1.54) is 29.1 Å². The quantitative estimate of drug-likeness (QED) is 0.412. The first kappa shape index (κ1) is 22.7. The number of nitrogens with two attached hydrogens (primary N) is 1. The lowest BCUT2D eigenvalue weighted by atomic mass is 10.1. The van der Waals surface area contributed by atoms with Crippen molar-refractivity contribution in [3.8, 4) is 22.6 Å². The Hall–Kier alpha value is -4.48. The van der Waals surface area contributed by atoms with Crippen molar-refractivity contribution in [1.29, 1.82) is 0 Å². The fourth-order valence-electron chi connectivity index (χ4n) is 3.30. The standard InChI is InChI=1S/C22H18F3N7O2/c1-32-11-12(6-7-16(32)33)17-18(14-5-3-9-27-14)31-20(26)19(30-17)21(34)29-10-15-13(22(23,24)25)4-2-8-28-15/h2-9,11,27H,10H2,1H3,(H2,26,31)(H,29,34). The summed E-state index contributed by atoms with van der Waals surface area (Å²) in [5.41, 5.74) is 5.81. The number of rotatable bonds is 5. The van der Waals surface area contributed by atoms with Gasteiger partial charge in [-0.05, 0) is 30.3 Å². The number of halogens is 3. The third-order valence-corrected chi connectivity index (χ3v) is 4.96. The number of anilines is 1. The van der Waals surface area contributed by atoms with E-state index in [4.69, 9.17) is 5.73 Å². The summed E-state index contributed by atoms with van der Waals surface area (Å²) in [6, 6.07) is 8.38. The fourth-order valence-corrected chi connectivity index (χ4v) is 3.30. The average Bonchev–Trinajstić information content (AvgIpc) is 3.33. The Balaban J connectivity index is 1.72. The van der Waals surface area contributed by atoms with E-state index >= 15 is 0 Å². The molecular weight excluding hydrogens is 451 g/mol. The normalized spacial score (nSPS) is 11.4. The lowest BCUT2D eigenvalue weighted by Gasteiger charge is -2.14. The Morgan fingerprint density at radius 1 is 1.15 bits per heavy atom. The molecule has 0 saturated heterocycles. The maximum absolute atomic E-state index is 13.2. The molecule has 0 aliphatic heterocycles. The summed E-state index contributed by atoms with van der Waals surface area (Å²) < 4.78 is 41.0. The number of amides is 1. The number of aromatic amines is 1. The topological polar surface area (TPSA) is 132 Å². The number of hydrogen-bond acceptors (Lipinski definition) is 6. The maximum atomic E-state index is 13.2. The lowest BCUT2D eigenvalue weighted by Crippen LogP contribution is -2.27. The van der Waals surface area contributed by atoms with Crippen LogP contribution in [0, 0.1) is 0 Å². The van der Waals surface area contributed by atoms with Crippen molar-refractivity contribution in [1.82, 2.24) is 29.8 Å². The van der Waals surface area contributed by atoms with Crippen molar-refractivity contribution >= 4 is 11.7 Å². The summed E-state index contributed by atoms with van der Waals surface area (Å²) in [7, 11) is 1.56. The number of aromatic nitrogens is 5. The molecular formula is C22H18F3N7O2. The minimum absolute atomic E-state index is 0.215. The Morgan fingerprint density at radius 2 is 1.94 bits per heavy atom. The minimum Gasteiger partial charge on any atom is -0.382 e. The second kappa shape index (κ2) is 8.81. The van der Waals surface area contributed by atoms with Gasteiger partial charge in [-0.2, -0.15) is 13.2 Å². The molecule has 12 heteroatoms. The molecule has 4 rings (SSSR count). The van der Waals surface area contributed by atoms with E-state index in [9.17, 15) is 22.8 Å². The van der Waals surface area contributed by atoms with E-state index in [1.54, 1.807) is 25.4 Å². The molecule has 4 N–H and O–H groups in total. The number of alkyl halides is 3. The van der Waals surface area contributed by atoms with Crippen LogP contribution in [0.1, 0.15) is 21.7 Å². The number of hydrogen-bond donors (Lipinski definition) is 3. The summed E-state index contributed by atoms with van der Waals surface area (Å²) in [6.45, 7) is -0.497. The van der Waals surface area contributed by atoms with Crippen molar-refractivity contribution in [3.63, 3.8) is 0 Å². The van der Waals surface area contributed by atoms with Gasteiger partial charge in [-0.3, -0.25) is 14.6 Å². The number of nitrogens with zero attached hydrogens (tertiary/aromatic N) is 4. The van der Waals surface area contributed by atoms with Crippen LogP contribution in [0.4, 0.5) is 19.0 Å². The minimum atomic E-state index is -4.62. The first-order valence-corrected chi connectivity index (χ1v) is 9.92.